The van der Waals surface area contributed by atoms with E-state index in [-0.39, 0.29) is 18.3 Å². The second-order valence-corrected chi connectivity index (χ2v) is 8.25. The summed E-state index contributed by atoms with van der Waals surface area (Å²) in [5, 5.41) is 0. The summed E-state index contributed by atoms with van der Waals surface area (Å²) in [7, 11) is 0. The van der Waals surface area contributed by atoms with Crippen LogP contribution in [-0.4, -0.2) is 6.10 Å². The van der Waals surface area contributed by atoms with E-state index in [0.29, 0.717) is 0 Å². The van der Waals surface area contributed by atoms with Gasteiger partial charge in [0.15, 0.2) is 17.5 Å². The molecule has 1 aromatic carbocycles. The molecule has 0 radical (unpaired) electrons. The number of hydrogen-bond donors (Lipinski definition) is 0. The minimum Gasteiger partial charge on any atom is -0.373 e. The van der Waals surface area contributed by atoms with Crippen molar-refractivity contribution < 1.29 is 17.9 Å². The minimum atomic E-state index is -1.41. The van der Waals surface area contributed by atoms with Crippen molar-refractivity contribution in [3.63, 3.8) is 0 Å². The number of benzene rings is 1. The van der Waals surface area contributed by atoms with Crippen LogP contribution in [0.15, 0.2) is 12.1 Å². The van der Waals surface area contributed by atoms with Crippen LogP contribution in [0.2, 0.25) is 0 Å². The molecule has 0 atom stereocenters. The smallest absolute Gasteiger partial charge is 0.194 e. The first kappa shape index (κ1) is 19.7. The van der Waals surface area contributed by atoms with Crippen LogP contribution in [0, 0.1) is 35.2 Å². The molecule has 26 heavy (non-hydrogen) atoms. The zero-order valence-corrected chi connectivity index (χ0v) is 15.8. The van der Waals surface area contributed by atoms with Crippen molar-refractivity contribution in [3.05, 3.63) is 35.1 Å². The maximum absolute atomic E-state index is 13.7. The lowest BCUT2D eigenvalue weighted by Crippen LogP contribution is -2.28. The molecule has 2 aliphatic carbocycles. The van der Waals surface area contributed by atoms with Crippen molar-refractivity contribution in [2.75, 3.05) is 0 Å². The highest BCUT2D eigenvalue weighted by atomic mass is 19.2. The highest BCUT2D eigenvalue weighted by Crippen LogP contribution is 2.41. The molecule has 0 heterocycles. The van der Waals surface area contributed by atoms with Crippen molar-refractivity contribution in [1.29, 1.82) is 0 Å². The summed E-state index contributed by atoms with van der Waals surface area (Å²) in [4.78, 5) is 0. The Morgan fingerprint density at radius 1 is 0.846 bits per heavy atom. The van der Waals surface area contributed by atoms with Gasteiger partial charge in [0.2, 0.25) is 0 Å². The molecule has 2 fully saturated rings. The van der Waals surface area contributed by atoms with Crippen molar-refractivity contribution >= 4 is 0 Å². The summed E-state index contributed by atoms with van der Waals surface area (Å²) in [5.74, 6) is -1.07. The Kier molecular flexibility index (Phi) is 7.02. The third-order valence-corrected chi connectivity index (χ3v) is 6.56. The monoisotopic (exact) mass is 368 g/mol. The summed E-state index contributed by atoms with van der Waals surface area (Å²) in [6.45, 7) is 2.29. The fourth-order valence-corrected chi connectivity index (χ4v) is 4.97. The van der Waals surface area contributed by atoms with E-state index in [1.165, 1.54) is 57.4 Å². The molecule has 2 saturated carbocycles. The summed E-state index contributed by atoms with van der Waals surface area (Å²) in [6.07, 6.45) is 12.7. The van der Waals surface area contributed by atoms with Gasteiger partial charge in [-0.1, -0.05) is 38.7 Å². The van der Waals surface area contributed by atoms with Crippen LogP contribution in [0.5, 0.6) is 0 Å². The van der Waals surface area contributed by atoms with Gasteiger partial charge in [-0.3, -0.25) is 0 Å². The second-order valence-electron chi connectivity index (χ2n) is 8.25. The molecule has 4 heteroatoms. The van der Waals surface area contributed by atoms with Gasteiger partial charge in [-0.05, 0) is 62.3 Å². The Hall–Kier alpha value is -1.03. The minimum absolute atomic E-state index is 0.0144. The molecule has 1 aromatic rings. The number of halogens is 3. The Bertz CT molecular complexity index is 573. The molecular weight excluding hydrogens is 337 g/mol. The van der Waals surface area contributed by atoms with E-state index in [0.717, 1.165) is 36.7 Å². The van der Waals surface area contributed by atoms with Crippen molar-refractivity contribution in [1.82, 2.24) is 0 Å². The van der Waals surface area contributed by atoms with Gasteiger partial charge in [0, 0.05) is 5.56 Å². The Balaban J connectivity index is 1.41. The van der Waals surface area contributed by atoms with Crippen LogP contribution < -0.4 is 0 Å². The van der Waals surface area contributed by atoms with E-state index in [9.17, 15) is 13.2 Å². The van der Waals surface area contributed by atoms with Crippen LogP contribution >= 0.6 is 0 Å². The zero-order valence-electron chi connectivity index (χ0n) is 15.8. The Labute approximate surface area is 155 Å². The highest BCUT2D eigenvalue weighted by molar-refractivity contribution is 5.19. The first-order valence-corrected chi connectivity index (χ1v) is 10.3. The van der Waals surface area contributed by atoms with Gasteiger partial charge in [-0.15, -0.1) is 0 Å². The van der Waals surface area contributed by atoms with Crippen LogP contribution in [0.1, 0.15) is 76.7 Å². The van der Waals surface area contributed by atoms with E-state index in [1.807, 2.05) is 0 Å². The molecule has 1 nitrogen and oxygen atoms in total. The predicted molar refractivity (Wildman–Crippen MR) is 97.2 cm³/mol. The molecule has 0 aromatic heterocycles. The summed E-state index contributed by atoms with van der Waals surface area (Å²) < 4.78 is 45.8. The molecule has 0 spiro atoms. The maximum atomic E-state index is 13.7. The fraction of sp³-hybridized carbons (Fsp3) is 0.727. The molecule has 0 bridgehead atoms. The van der Waals surface area contributed by atoms with Crippen LogP contribution in [0.3, 0.4) is 0 Å². The number of ether oxygens (including phenoxy) is 1. The van der Waals surface area contributed by atoms with E-state index in [4.69, 9.17) is 4.74 Å². The quantitative estimate of drug-likeness (QED) is 0.503. The molecule has 3 rings (SSSR count). The van der Waals surface area contributed by atoms with Gasteiger partial charge in [0.05, 0.1) is 12.7 Å². The predicted octanol–water partition coefficient (Wildman–Crippen LogP) is 6.79. The summed E-state index contributed by atoms with van der Waals surface area (Å²) in [5.41, 5.74) is 0.0975. The third-order valence-electron chi connectivity index (χ3n) is 6.56. The van der Waals surface area contributed by atoms with Gasteiger partial charge < -0.3 is 4.74 Å². The van der Waals surface area contributed by atoms with Crippen molar-refractivity contribution in [3.8, 4) is 0 Å². The zero-order chi connectivity index (χ0) is 18.5. The van der Waals surface area contributed by atoms with Gasteiger partial charge in [0.1, 0.15) is 0 Å². The maximum Gasteiger partial charge on any atom is 0.194 e. The average molecular weight is 368 g/mol. The molecule has 146 valence electrons. The van der Waals surface area contributed by atoms with E-state index in [2.05, 4.69) is 6.92 Å². The van der Waals surface area contributed by atoms with Crippen molar-refractivity contribution in [2.45, 2.75) is 83.8 Å². The largest absolute Gasteiger partial charge is 0.373 e. The molecule has 0 amide bonds. The van der Waals surface area contributed by atoms with Crippen LogP contribution in [0.25, 0.3) is 0 Å². The molecule has 0 unspecified atom stereocenters. The Morgan fingerprint density at radius 3 is 2.08 bits per heavy atom. The lowest BCUT2D eigenvalue weighted by atomic mass is 9.70. The second kappa shape index (κ2) is 9.25. The van der Waals surface area contributed by atoms with Gasteiger partial charge in [-0.2, -0.15) is 0 Å². The molecule has 0 aliphatic heterocycles. The molecular formula is C22H31F3O. The average Bonchev–Trinajstić information content (AvgIpc) is 2.67. The standard InChI is InChI=1S/C22H31F3O/c1-2-3-15-4-6-16(7-5-15)17-8-11-19(12-9-17)26-14-18-10-13-20(23)22(25)21(18)24/h10,13,15-17,19H,2-9,11-12,14H2,1H3. The van der Waals surface area contributed by atoms with Gasteiger partial charge in [0.25, 0.3) is 0 Å². The fourth-order valence-electron chi connectivity index (χ4n) is 4.97. The van der Waals surface area contributed by atoms with Gasteiger partial charge >= 0.3 is 0 Å². The highest BCUT2D eigenvalue weighted by Gasteiger charge is 2.31. The molecule has 0 N–H and O–H groups in total. The normalized spacial score (nSPS) is 29.7. The Morgan fingerprint density at radius 2 is 1.46 bits per heavy atom. The summed E-state index contributed by atoms with van der Waals surface area (Å²) in [6, 6.07) is 2.23. The molecule has 0 saturated heterocycles. The summed E-state index contributed by atoms with van der Waals surface area (Å²) >= 11 is 0. The third kappa shape index (κ3) is 4.82. The van der Waals surface area contributed by atoms with E-state index in [1.54, 1.807) is 0 Å². The number of rotatable bonds is 6. The SMILES string of the molecule is CCCC1CCC(C2CCC(OCc3ccc(F)c(F)c3F)CC2)CC1. The molecule has 2 aliphatic rings. The van der Waals surface area contributed by atoms with E-state index >= 15 is 0 Å². The van der Waals surface area contributed by atoms with E-state index < -0.39 is 17.5 Å². The topological polar surface area (TPSA) is 9.23 Å². The van der Waals surface area contributed by atoms with Crippen LogP contribution in [0.4, 0.5) is 13.2 Å². The van der Waals surface area contributed by atoms with Gasteiger partial charge in [-0.25, -0.2) is 13.2 Å². The first-order valence-electron chi connectivity index (χ1n) is 10.3. The first-order chi connectivity index (χ1) is 12.6. The lowest BCUT2D eigenvalue weighted by Gasteiger charge is -2.37. The van der Waals surface area contributed by atoms with Crippen molar-refractivity contribution in [2.24, 2.45) is 17.8 Å². The number of hydrogen-bond acceptors (Lipinski definition) is 1. The van der Waals surface area contributed by atoms with Crippen LogP contribution in [-0.2, 0) is 11.3 Å². The lowest BCUT2D eigenvalue weighted by molar-refractivity contribution is -0.00407.